The highest BCUT2D eigenvalue weighted by Gasteiger charge is 2.30. The third kappa shape index (κ3) is 4.81. The highest BCUT2D eigenvalue weighted by molar-refractivity contribution is 5.75. The lowest BCUT2D eigenvalue weighted by Crippen LogP contribution is -2.44. The predicted octanol–water partition coefficient (Wildman–Crippen LogP) is 4.28. The fourth-order valence-corrected chi connectivity index (χ4v) is 3.02. The molecule has 1 N–H and O–H groups in total. The number of allylic oxidation sites excluding steroid dienone is 1. The molecule has 2 aromatic carbocycles. The summed E-state index contributed by atoms with van der Waals surface area (Å²) in [5, 5.41) is 3.21. The van der Waals surface area contributed by atoms with Crippen LogP contribution in [0.25, 0.3) is 0 Å². The van der Waals surface area contributed by atoms with Crippen molar-refractivity contribution in [3.05, 3.63) is 66.4 Å². The van der Waals surface area contributed by atoms with Crippen molar-refractivity contribution in [1.29, 1.82) is 0 Å². The molecule has 0 bridgehead atoms. The molecule has 2 aromatic rings. The Kier molecular flexibility index (Phi) is 5.69. The number of nitrogens with zero attached hydrogens (tertiary/aromatic N) is 2. The molecule has 0 aromatic heterocycles. The summed E-state index contributed by atoms with van der Waals surface area (Å²) in [7, 11) is 0. The van der Waals surface area contributed by atoms with Gasteiger partial charge in [0.1, 0.15) is 6.29 Å². The van der Waals surface area contributed by atoms with Gasteiger partial charge < -0.3 is 15.1 Å². The Morgan fingerprint density at radius 2 is 1.59 bits per heavy atom. The van der Waals surface area contributed by atoms with Crippen LogP contribution in [0.4, 0.5) is 30.2 Å². The van der Waals surface area contributed by atoms with Gasteiger partial charge in [0.15, 0.2) is 0 Å². The number of alkyl halides is 3. The van der Waals surface area contributed by atoms with Crippen molar-refractivity contribution < 1.29 is 18.0 Å². The summed E-state index contributed by atoms with van der Waals surface area (Å²) in [6.07, 6.45) is -0.309. The van der Waals surface area contributed by atoms with Crippen molar-refractivity contribution in [3.63, 3.8) is 0 Å². The molecule has 1 aliphatic heterocycles. The molecule has 1 heterocycles. The molecule has 7 heteroatoms. The summed E-state index contributed by atoms with van der Waals surface area (Å²) in [6.45, 7) is 3.15. The fraction of sp³-hybridized carbons (Fsp3) is 0.250. The van der Waals surface area contributed by atoms with Gasteiger partial charge in [-0.15, -0.1) is 0 Å². The van der Waals surface area contributed by atoms with E-state index >= 15 is 0 Å². The van der Waals surface area contributed by atoms with Gasteiger partial charge in [0.2, 0.25) is 0 Å². The number of piperazine rings is 1. The zero-order valence-corrected chi connectivity index (χ0v) is 14.6. The lowest BCUT2D eigenvalue weighted by Gasteiger charge is -2.36. The van der Waals surface area contributed by atoms with E-state index in [1.165, 1.54) is 18.2 Å². The van der Waals surface area contributed by atoms with E-state index in [2.05, 4.69) is 15.1 Å². The summed E-state index contributed by atoms with van der Waals surface area (Å²) in [4.78, 5) is 14.7. The minimum atomic E-state index is -4.34. The van der Waals surface area contributed by atoms with Gasteiger partial charge in [-0.3, -0.25) is 4.79 Å². The summed E-state index contributed by atoms with van der Waals surface area (Å²) >= 11 is 0. The number of anilines is 3. The Bertz CT molecular complexity index is 795. The number of carbonyl (C=O) groups excluding carboxylic acids is 1. The third-order valence-corrected chi connectivity index (χ3v) is 4.43. The Morgan fingerprint density at radius 1 is 0.926 bits per heavy atom. The van der Waals surface area contributed by atoms with Crippen LogP contribution in [0, 0.1) is 0 Å². The number of para-hydroxylation sites is 2. The second-order valence-electron chi connectivity index (χ2n) is 6.22. The molecule has 0 saturated carbocycles. The van der Waals surface area contributed by atoms with Gasteiger partial charge in [0, 0.05) is 38.1 Å². The first-order valence-electron chi connectivity index (χ1n) is 8.61. The summed E-state index contributed by atoms with van der Waals surface area (Å²) in [5.74, 6) is 0. The minimum Gasteiger partial charge on any atom is -0.374 e. The molecule has 3 rings (SSSR count). The molecule has 0 radical (unpaired) electrons. The maximum Gasteiger partial charge on any atom is 0.416 e. The third-order valence-electron chi connectivity index (χ3n) is 4.43. The number of carbonyl (C=O) groups is 1. The maximum absolute atomic E-state index is 12.7. The van der Waals surface area contributed by atoms with E-state index in [9.17, 15) is 18.0 Å². The molecule has 1 fully saturated rings. The lowest BCUT2D eigenvalue weighted by molar-refractivity contribution is -0.137. The van der Waals surface area contributed by atoms with Crippen molar-refractivity contribution in [1.82, 2.24) is 4.90 Å². The van der Waals surface area contributed by atoms with Crippen molar-refractivity contribution in [3.8, 4) is 0 Å². The smallest absolute Gasteiger partial charge is 0.374 e. The zero-order chi connectivity index (χ0) is 19.3. The van der Waals surface area contributed by atoms with E-state index in [-0.39, 0.29) is 0 Å². The average molecular weight is 375 g/mol. The standard InChI is InChI=1S/C20H20F3N3O/c21-20(22,23)16-6-8-17(9-7-16)24-18-4-1-2-5-19(18)26-13-11-25(12-14-26)10-3-15-27/h1-10,15,24H,11-14H2. The monoisotopic (exact) mass is 375 g/mol. The first-order valence-corrected chi connectivity index (χ1v) is 8.61. The van der Waals surface area contributed by atoms with Crippen LogP contribution in [0.1, 0.15) is 5.56 Å². The zero-order valence-electron chi connectivity index (χ0n) is 14.6. The number of rotatable bonds is 5. The molecule has 4 nitrogen and oxygen atoms in total. The molecular weight excluding hydrogens is 355 g/mol. The number of hydrogen-bond donors (Lipinski definition) is 1. The van der Waals surface area contributed by atoms with Crippen LogP contribution < -0.4 is 10.2 Å². The first kappa shape index (κ1) is 18.8. The van der Waals surface area contributed by atoms with Crippen LogP contribution in [0.2, 0.25) is 0 Å². The summed E-state index contributed by atoms with van der Waals surface area (Å²) in [6, 6.07) is 12.7. The Labute approximate surface area is 155 Å². The van der Waals surface area contributed by atoms with Crippen molar-refractivity contribution in [2.45, 2.75) is 6.18 Å². The lowest BCUT2D eigenvalue weighted by atomic mass is 10.1. The SMILES string of the molecule is O=CC=CN1CCN(c2ccccc2Nc2ccc(C(F)(F)F)cc2)CC1. The van der Waals surface area contributed by atoms with Crippen LogP contribution >= 0.6 is 0 Å². The van der Waals surface area contributed by atoms with Gasteiger partial charge in [0.05, 0.1) is 16.9 Å². The molecule has 0 unspecified atom stereocenters. The first-order chi connectivity index (χ1) is 13.0. The van der Waals surface area contributed by atoms with E-state index < -0.39 is 11.7 Å². The predicted molar refractivity (Wildman–Crippen MR) is 100 cm³/mol. The molecule has 0 amide bonds. The van der Waals surface area contributed by atoms with E-state index in [1.54, 1.807) is 6.20 Å². The van der Waals surface area contributed by atoms with E-state index in [0.717, 1.165) is 56.0 Å². The minimum absolute atomic E-state index is 0.600. The van der Waals surface area contributed by atoms with Crippen molar-refractivity contribution >= 4 is 23.3 Å². The molecule has 0 atom stereocenters. The van der Waals surface area contributed by atoms with Gasteiger partial charge in [-0.2, -0.15) is 13.2 Å². The van der Waals surface area contributed by atoms with Gasteiger partial charge >= 0.3 is 6.18 Å². The normalized spacial score (nSPS) is 15.2. The Hall–Kier alpha value is -2.96. The molecule has 0 spiro atoms. The van der Waals surface area contributed by atoms with E-state index in [1.807, 2.05) is 24.3 Å². The number of benzene rings is 2. The van der Waals surface area contributed by atoms with Crippen LogP contribution in [-0.4, -0.2) is 37.4 Å². The molecular formula is C20H20F3N3O. The van der Waals surface area contributed by atoms with Crippen LogP contribution in [0.3, 0.4) is 0 Å². The van der Waals surface area contributed by atoms with E-state index in [4.69, 9.17) is 0 Å². The van der Waals surface area contributed by atoms with Gasteiger partial charge in [-0.1, -0.05) is 12.1 Å². The Morgan fingerprint density at radius 3 is 2.22 bits per heavy atom. The van der Waals surface area contributed by atoms with Crippen molar-refractivity contribution in [2.24, 2.45) is 0 Å². The summed E-state index contributed by atoms with van der Waals surface area (Å²) < 4.78 is 38.1. The van der Waals surface area contributed by atoms with Crippen LogP contribution in [0.5, 0.6) is 0 Å². The maximum atomic E-state index is 12.7. The number of nitrogens with one attached hydrogen (secondary N) is 1. The highest BCUT2D eigenvalue weighted by atomic mass is 19.4. The van der Waals surface area contributed by atoms with Crippen molar-refractivity contribution in [2.75, 3.05) is 36.4 Å². The van der Waals surface area contributed by atoms with Gasteiger partial charge in [0.25, 0.3) is 0 Å². The topological polar surface area (TPSA) is 35.6 Å². The quantitative estimate of drug-likeness (QED) is 0.625. The number of halogens is 3. The number of hydrogen-bond acceptors (Lipinski definition) is 4. The van der Waals surface area contributed by atoms with Crippen LogP contribution in [0.15, 0.2) is 60.8 Å². The molecule has 0 aliphatic carbocycles. The largest absolute Gasteiger partial charge is 0.416 e. The molecule has 1 saturated heterocycles. The average Bonchev–Trinajstić information content (AvgIpc) is 2.67. The second-order valence-corrected chi connectivity index (χ2v) is 6.22. The summed E-state index contributed by atoms with van der Waals surface area (Å²) in [5.41, 5.74) is 1.77. The second kappa shape index (κ2) is 8.16. The molecule has 142 valence electrons. The highest BCUT2D eigenvalue weighted by Crippen LogP contribution is 2.32. The molecule has 1 aliphatic rings. The van der Waals surface area contributed by atoms with E-state index in [0.29, 0.717) is 5.69 Å². The van der Waals surface area contributed by atoms with Gasteiger partial charge in [-0.25, -0.2) is 0 Å². The van der Waals surface area contributed by atoms with Gasteiger partial charge in [-0.05, 0) is 42.5 Å². The fourth-order valence-electron chi connectivity index (χ4n) is 3.02. The Balaban J connectivity index is 1.71. The number of aldehydes is 1. The van der Waals surface area contributed by atoms with Crippen LogP contribution in [-0.2, 0) is 11.0 Å². The molecule has 27 heavy (non-hydrogen) atoms.